The van der Waals surface area contributed by atoms with Gasteiger partial charge < -0.3 is 10.6 Å². The molecule has 1 atom stereocenters. The van der Waals surface area contributed by atoms with Gasteiger partial charge in [-0.1, -0.05) is 25.2 Å². The zero-order valence-electron chi connectivity index (χ0n) is 12.0. The van der Waals surface area contributed by atoms with E-state index in [4.69, 9.17) is 0 Å². The molecule has 1 aromatic heterocycles. The number of carbonyl (C=O) groups is 1. The van der Waals surface area contributed by atoms with E-state index in [2.05, 4.69) is 34.7 Å². The number of amides is 1. The highest BCUT2D eigenvalue weighted by Gasteiger charge is 2.15. The highest BCUT2D eigenvalue weighted by Crippen LogP contribution is 2.19. The summed E-state index contributed by atoms with van der Waals surface area (Å²) in [5.74, 6) is 1.19. The number of aromatic nitrogens is 2. The summed E-state index contributed by atoms with van der Waals surface area (Å²) in [6, 6.07) is 0. The van der Waals surface area contributed by atoms with Crippen molar-refractivity contribution in [2.45, 2.75) is 45.6 Å². The molecule has 2 rings (SSSR count). The molecule has 0 radical (unpaired) electrons. The summed E-state index contributed by atoms with van der Waals surface area (Å²) in [5, 5.41) is 16.4. The number of carbonyl (C=O) groups excluding carboxylic acids is 1. The Labute approximate surface area is 130 Å². The smallest absolute Gasteiger partial charge is 0.220 e. The topological polar surface area (TPSA) is 66.9 Å². The molecule has 1 aromatic rings. The predicted octanol–water partition coefficient (Wildman–Crippen LogP) is 2.09. The van der Waals surface area contributed by atoms with Gasteiger partial charge >= 0.3 is 0 Å². The highest BCUT2D eigenvalue weighted by atomic mass is 35.5. The van der Waals surface area contributed by atoms with E-state index in [0.29, 0.717) is 24.8 Å². The summed E-state index contributed by atoms with van der Waals surface area (Å²) in [7, 11) is 0. The van der Waals surface area contributed by atoms with E-state index in [1.165, 1.54) is 6.42 Å². The molecule has 7 heteroatoms. The lowest BCUT2D eigenvalue weighted by Gasteiger charge is -2.07. The maximum atomic E-state index is 11.7. The molecule has 1 aliphatic rings. The first kappa shape index (κ1) is 17.3. The van der Waals surface area contributed by atoms with Crippen LogP contribution in [-0.4, -0.2) is 29.2 Å². The average molecular weight is 319 g/mol. The fraction of sp³-hybridized carbons (Fsp3) is 0.769. The average Bonchev–Trinajstić information content (AvgIpc) is 3.05. The van der Waals surface area contributed by atoms with E-state index in [-0.39, 0.29) is 18.3 Å². The molecule has 114 valence electrons. The van der Waals surface area contributed by atoms with Gasteiger partial charge in [-0.2, -0.15) is 0 Å². The van der Waals surface area contributed by atoms with Crippen molar-refractivity contribution < 1.29 is 4.79 Å². The van der Waals surface area contributed by atoms with Crippen LogP contribution in [-0.2, 0) is 11.3 Å². The van der Waals surface area contributed by atoms with Crippen LogP contribution in [0, 0.1) is 5.92 Å². The lowest BCUT2D eigenvalue weighted by Crippen LogP contribution is -2.23. The van der Waals surface area contributed by atoms with Crippen molar-refractivity contribution >= 4 is 29.7 Å². The number of rotatable bonds is 6. The fourth-order valence-electron chi connectivity index (χ4n) is 2.13. The summed E-state index contributed by atoms with van der Waals surface area (Å²) in [5.41, 5.74) is 0. The van der Waals surface area contributed by atoms with Gasteiger partial charge in [-0.05, 0) is 31.8 Å². The molecule has 1 amide bonds. The molecule has 2 heterocycles. The lowest BCUT2D eigenvalue weighted by molar-refractivity contribution is -0.121. The van der Waals surface area contributed by atoms with Crippen molar-refractivity contribution in [3.8, 4) is 0 Å². The Hall–Kier alpha value is -0.720. The van der Waals surface area contributed by atoms with E-state index in [1.807, 2.05) is 0 Å². The number of nitrogens with zero attached hydrogens (tertiary/aromatic N) is 2. The van der Waals surface area contributed by atoms with Crippen LogP contribution < -0.4 is 10.6 Å². The second kappa shape index (κ2) is 8.54. The molecule has 1 aliphatic heterocycles. The first-order valence-electron chi connectivity index (χ1n) is 6.95. The van der Waals surface area contributed by atoms with Crippen molar-refractivity contribution in [3.05, 3.63) is 10.0 Å². The highest BCUT2D eigenvalue weighted by molar-refractivity contribution is 7.11. The number of hydrogen-bond donors (Lipinski definition) is 2. The molecule has 0 saturated carbocycles. The summed E-state index contributed by atoms with van der Waals surface area (Å²) in [4.78, 5) is 11.7. The molecular formula is C13H23ClN4OS. The molecule has 2 N–H and O–H groups in total. The van der Waals surface area contributed by atoms with Crippen LogP contribution in [0.3, 0.4) is 0 Å². The Morgan fingerprint density at radius 2 is 2.30 bits per heavy atom. The van der Waals surface area contributed by atoms with Crippen LogP contribution in [0.2, 0.25) is 0 Å². The normalized spacial score (nSPS) is 18.1. The third-order valence-corrected chi connectivity index (χ3v) is 4.58. The Kier molecular flexibility index (Phi) is 7.40. The molecule has 0 spiro atoms. The molecule has 0 aliphatic carbocycles. The summed E-state index contributed by atoms with van der Waals surface area (Å²) >= 11 is 1.58. The summed E-state index contributed by atoms with van der Waals surface area (Å²) < 4.78 is 0. The minimum absolute atomic E-state index is 0. The van der Waals surface area contributed by atoms with Crippen molar-refractivity contribution in [2.75, 3.05) is 13.1 Å². The quantitative estimate of drug-likeness (QED) is 0.843. The third-order valence-electron chi connectivity index (χ3n) is 3.36. The van der Waals surface area contributed by atoms with Gasteiger partial charge in [0.05, 0.1) is 6.54 Å². The standard InChI is InChI=1S/C13H22N4OS.ClH/c1-9(2)13-17-16-12(19-13)8-15-11(18)4-3-10-5-6-14-7-10;/h9-10,14H,3-8H2,1-2H3,(H,15,18);1H. The van der Waals surface area contributed by atoms with Gasteiger partial charge in [0, 0.05) is 12.3 Å². The largest absolute Gasteiger partial charge is 0.350 e. The second-order valence-corrected chi connectivity index (χ2v) is 6.46. The Balaban J connectivity index is 0.00000200. The van der Waals surface area contributed by atoms with Gasteiger partial charge in [0.1, 0.15) is 10.0 Å². The van der Waals surface area contributed by atoms with E-state index < -0.39 is 0 Å². The zero-order chi connectivity index (χ0) is 13.7. The molecular weight excluding hydrogens is 296 g/mol. The van der Waals surface area contributed by atoms with E-state index in [0.717, 1.165) is 29.5 Å². The predicted molar refractivity (Wildman–Crippen MR) is 83.3 cm³/mol. The van der Waals surface area contributed by atoms with Crippen LogP contribution in [0.1, 0.15) is 49.0 Å². The van der Waals surface area contributed by atoms with E-state index in [9.17, 15) is 4.79 Å². The van der Waals surface area contributed by atoms with Gasteiger partial charge in [-0.15, -0.1) is 22.6 Å². The number of hydrogen-bond acceptors (Lipinski definition) is 5. The van der Waals surface area contributed by atoms with Gasteiger partial charge in [0.25, 0.3) is 0 Å². The van der Waals surface area contributed by atoms with Crippen molar-refractivity contribution in [3.63, 3.8) is 0 Å². The third kappa shape index (κ3) is 5.34. The van der Waals surface area contributed by atoms with Gasteiger partial charge in [0.2, 0.25) is 5.91 Å². The number of halogens is 1. The van der Waals surface area contributed by atoms with Crippen LogP contribution in [0.25, 0.3) is 0 Å². The van der Waals surface area contributed by atoms with Crippen LogP contribution in [0.5, 0.6) is 0 Å². The zero-order valence-corrected chi connectivity index (χ0v) is 13.6. The van der Waals surface area contributed by atoms with Crippen LogP contribution in [0.4, 0.5) is 0 Å². The van der Waals surface area contributed by atoms with Crippen LogP contribution in [0.15, 0.2) is 0 Å². The van der Waals surface area contributed by atoms with Gasteiger partial charge in [-0.25, -0.2) is 0 Å². The molecule has 0 aromatic carbocycles. The number of nitrogens with one attached hydrogen (secondary N) is 2. The van der Waals surface area contributed by atoms with Gasteiger partial charge in [0.15, 0.2) is 0 Å². The Morgan fingerprint density at radius 3 is 2.90 bits per heavy atom. The maximum Gasteiger partial charge on any atom is 0.220 e. The monoisotopic (exact) mass is 318 g/mol. The van der Waals surface area contributed by atoms with E-state index >= 15 is 0 Å². The minimum Gasteiger partial charge on any atom is -0.350 e. The minimum atomic E-state index is 0. The summed E-state index contributed by atoms with van der Waals surface area (Å²) in [6.45, 7) is 6.85. The second-order valence-electron chi connectivity index (χ2n) is 5.36. The van der Waals surface area contributed by atoms with Crippen molar-refractivity contribution in [2.24, 2.45) is 5.92 Å². The molecule has 1 fully saturated rings. The first-order chi connectivity index (χ1) is 9.15. The summed E-state index contributed by atoms with van der Waals surface area (Å²) in [6.07, 6.45) is 2.79. The lowest BCUT2D eigenvalue weighted by atomic mass is 10.0. The van der Waals surface area contributed by atoms with Crippen LogP contribution >= 0.6 is 23.7 Å². The Morgan fingerprint density at radius 1 is 1.50 bits per heavy atom. The van der Waals surface area contributed by atoms with Crippen molar-refractivity contribution in [1.29, 1.82) is 0 Å². The SMILES string of the molecule is CC(C)c1nnc(CNC(=O)CCC2CCNC2)s1.Cl. The molecule has 1 saturated heterocycles. The maximum absolute atomic E-state index is 11.7. The van der Waals surface area contributed by atoms with Gasteiger partial charge in [-0.3, -0.25) is 4.79 Å². The molecule has 1 unspecified atom stereocenters. The van der Waals surface area contributed by atoms with E-state index in [1.54, 1.807) is 11.3 Å². The molecule has 0 bridgehead atoms. The molecule has 20 heavy (non-hydrogen) atoms. The molecule has 5 nitrogen and oxygen atoms in total. The first-order valence-corrected chi connectivity index (χ1v) is 7.76. The fourth-order valence-corrected chi connectivity index (χ4v) is 2.91. The van der Waals surface area contributed by atoms with Crippen molar-refractivity contribution in [1.82, 2.24) is 20.8 Å². The Bertz CT molecular complexity index is 418.